The minimum atomic E-state index is 0.645. The Morgan fingerprint density at radius 2 is 0.930 bits per heavy atom. The first kappa shape index (κ1) is 25.2. The minimum absolute atomic E-state index is 0.645. The Hall–Kier alpha value is -5.52. The van der Waals surface area contributed by atoms with Crippen LogP contribution in [0.1, 0.15) is 0 Å². The van der Waals surface area contributed by atoms with Crippen LogP contribution in [0.15, 0.2) is 146 Å². The Labute approximate surface area is 253 Å². The molecule has 0 fully saturated rings. The van der Waals surface area contributed by atoms with Crippen molar-refractivity contribution in [2.24, 2.45) is 0 Å². The molecule has 3 heterocycles. The number of thiophene rings is 1. The second-order valence-corrected chi connectivity index (χ2v) is 11.4. The largest absolute Gasteiger partial charge is 0.255 e. The lowest BCUT2D eigenvalue weighted by Gasteiger charge is -2.10. The Balaban J connectivity index is 1.22. The van der Waals surface area contributed by atoms with Gasteiger partial charge < -0.3 is 0 Å². The maximum absolute atomic E-state index is 4.93. The maximum Gasteiger partial charge on any atom is 0.164 e. The molecule has 43 heavy (non-hydrogen) atoms. The molecule has 3 aromatic heterocycles. The fraction of sp³-hybridized carbons (Fsp3) is 0. The van der Waals surface area contributed by atoms with Gasteiger partial charge in [-0.25, -0.2) is 15.0 Å². The number of nitrogens with zero attached hydrogens (tertiary/aromatic N) is 4. The molecule has 0 N–H and O–H groups in total. The second kappa shape index (κ2) is 10.7. The standard InChI is InChI=1S/C38H24N4S/c1-3-11-25(12-4-1)36-40-37(26-13-5-2-6-14-26)42-38(41-36)30-18-10-16-28(24-30)27-15-9-17-29(23-27)31-21-22-39-34-32-19-7-8-20-33(32)43-35(31)34/h1-24H. The third kappa shape index (κ3) is 4.76. The van der Waals surface area contributed by atoms with E-state index in [-0.39, 0.29) is 0 Å². The van der Waals surface area contributed by atoms with E-state index in [2.05, 4.69) is 78.9 Å². The lowest BCUT2D eigenvalue weighted by atomic mass is 9.98. The molecule has 202 valence electrons. The first-order chi connectivity index (χ1) is 21.3. The van der Waals surface area contributed by atoms with Crippen LogP contribution in [0, 0.1) is 0 Å². The lowest BCUT2D eigenvalue weighted by molar-refractivity contribution is 1.07. The van der Waals surface area contributed by atoms with Gasteiger partial charge in [0, 0.05) is 38.5 Å². The summed E-state index contributed by atoms with van der Waals surface area (Å²) in [5.74, 6) is 1.95. The summed E-state index contributed by atoms with van der Waals surface area (Å²) in [7, 11) is 0. The van der Waals surface area contributed by atoms with E-state index in [0.717, 1.165) is 33.3 Å². The summed E-state index contributed by atoms with van der Waals surface area (Å²) >= 11 is 1.80. The molecule has 4 nitrogen and oxygen atoms in total. The number of pyridine rings is 1. The third-order valence-electron chi connectivity index (χ3n) is 7.59. The van der Waals surface area contributed by atoms with Crippen LogP contribution in [0.25, 0.3) is 76.7 Å². The van der Waals surface area contributed by atoms with Crippen molar-refractivity contribution in [2.45, 2.75) is 0 Å². The van der Waals surface area contributed by atoms with Crippen molar-refractivity contribution in [1.29, 1.82) is 0 Å². The molecule has 0 saturated carbocycles. The third-order valence-corrected chi connectivity index (χ3v) is 8.78. The number of benzene rings is 5. The van der Waals surface area contributed by atoms with Gasteiger partial charge in [-0.1, -0.05) is 115 Å². The molecule has 8 rings (SSSR count). The molecule has 0 aliphatic heterocycles. The highest BCUT2D eigenvalue weighted by Crippen LogP contribution is 2.39. The van der Waals surface area contributed by atoms with Gasteiger partial charge >= 0.3 is 0 Å². The van der Waals surface area contributed by atoms with Crippen molar-refractivity contribution < 1.29 is 0 Å². The van der Waals surface area contributed by atoms with Crippen molar-refractivity contribution in [2.75, 3.05) is 0 Å². The highest BCUT2D eigenvalue weighted by atomic mass is 32.1. The van der Waals surface area contributed by atoms with Crippen molar-refractivity contribution in [3.63, 3.8) is 0 Å². The number of hydrogen-bond donors (Lipinski definition) is 0. The maximum atomic E-state index is 4.93. The fourth-order valence-electron chi connectivity index (χ4n) is 5.47. The van der Waals surface area contributed by atoms with E-state index in [1.807, 2.05) is 66.9 Å². The quantitative estimate of drug-likeness (QED) is 0.207. The molecule has 5 aromatic carbocycles. The van der Waals surface area contributed by atoms with Gasteiger partial charge in [0.25, 0.3) is 0 Å². The second-order valence-electron chi connectivity index (χ2n) is 10.3. The summed E-state index contributed by atoms with van der Waals surface area (Å²) in [4.78, 5) is 19.4. The number of rotatable bonds is 5. The Morgan fingerprint density at radius 3 is 1.60 bits per heavy atom. The summed E-state index contributed by atoms with van der Waals surface area (Å²) in [5.41, 5.74) is 8.50. The van der Waals surface area contributed by atoms with Gasteiger partial charge in [0.2, 0.25) is 0 Å². The minimum Gasteiger partial charge on any atom is -0.255 e. The van der Waals surface area contributed by atoms with Gasteiger partial charge in [0.1, 0.15) is 0 Å². The molecule has 8 aromatic rings. The van der Waals surface area contributed by atoms with E-state index in [4.69, 9.17) is 19.9 Å². The summed E-state index contributed by atoms with van der Waals surface area (Å²) in [6, 6.07) is 47.9. The normalized spacial score (nSPS) is 11.3. The van der Waals surface area contributed by atoms with Crippen molar-refractivity contribution in [3.8, 4) is 56.4 Å². The molecule has 0 aliphatic carbocycles. The van der Waals surface area contributed by atoms with Crippen molar-refractivity contribution in [1.82, 2.24) is 19.9 Å². The zero-order valence-corrected chi connectivity index (χ0v) is 23.9. The van der Waals surface area contributed by atoms with Crippen LogP contribution in [0.3, 0.4) is 0 Å². The average Bonchev–Trinajstić information content (AvgIpc) is 3.48. The Bertz CT molecular complexity index is 2180. The van der Waals surface area contributed by atoms with Gasteiger partial charge in [-0.15, -0.1) is 11.3 Å². The fourth-order valence-corrected chi connectivity index (χ4v) is 6.67. The van der Waals surface area contributed by atoms with Gasteiger partial charge in [-0.05, 0) is 41.0 Å². The molecule has 0 amide bonds. The predicted octanol–water partition coefficient (Wildman–Crippen LogP) is 9.97. The van der Waals surface area contributed by atoms with Crippen LogP contribution in [-0.2, 0) is 0 Å². The Morgan fingerprint density at radius 1 is 0.419 bits per heavy atom. The molecule has 0 spiro atoms. The van der Waals surface area contributed by atoms with E-state index in [1.54, 1.807) is 11.3 Å². The highest BCUT2D eigenvalue weighted by Gasteiger charge is 2.14. The monoisotopic (exact) mass is 568 g/mol. The van der Waals surface area contributed by atoms with Gasteiger partial charge in [-0.2, -0.15) is 0 Å². The van der Waals surface area contributed by atoms with E-state index in [9.17, 15) is 0 Å². The molecule has 0 bridgehead atoms. The van der Waals surface area contributed by atoms with Gasteiger partial charge in [-0.3, -0.25) is 4.98 Å². The Kier molecular flexibility index (Phi) is 6.28. The van der Waals surface area contributed by atoms with E-state index in [1.165, 1.54) is 25.9 Å². The molecule has 0 atom stereocenters. The van der Waals surface area contributed by atoms with E-state index >= 15 is 0 Å². The SMILES string of the molecule is c1ccc(-c2nc(-c3ccccc3)nc(-c3cccc(-c4cccc(-c5ccnc6c5sc5ccccc56)c4)c3)n2)cc1. The van der Waals surface area contributed by atoms with Gasteiger partial charge in [0.15, 0.2) is 17.5 Å². The number of fused-ring (bicyclic) bond motifs is 3. The highest BCUT2D eigenvalue weighted by molar-refractivity contribution is 7.26. The summed E-state index contributed by atoms with van der Waals surface area (Å²) in [5, 5.41) is 1.20. The summed E-state index contributed by atoms with van der Waals surface area (Å²) < 4.78 is 2.46. The molecule has 0 radical (unpaired) electrons. The summed E-state index contributed by atoms with van der Waals surface area (Å²) in [6.07, 6.45) is 1.92. The van der Waals surface area contributed by atoms with Gasteiger partial charge in [0.05, 0.1) is 10.2 Å². The van der Waals surface area contributed by atoms with E-state index in [0.29, 0.717) is 17.5 Å². The first-order valence-corrected chi connectivity index (χ1v) is 15.0. The van der Waals surface area contributed by atoms with Crippen LogP contribution in [0.4, 0.5) is 0 Å². The molecule has 0 unspecified atom stereocenters. The van der Waals surface area contributed by atoms with Crippen LogP contribution in [0.2, 0.25) is 0 Å². The molecular formula is C38H24N4S. The zero-order valence-electron chi connectivity index (χ0n) is 23.1. The lowest BCUT2D eigenvalue weighted by Crippen LogP contribution is -2.00. The van der Waals surface area contributed by atoms with Crippen LogP contribution >= 0.6 is 11.3 Å². The number of aromatic nitrogens is 4. The first-order valence-electron chi connectivity index (χ1n) is 14.1. The van der Waals surface area contributed by atoms with Crippen molar-refractivity contribution >= 4 is 31.6 Å². The van der Waals surface area contributed by atoms with Crippen LogP contribution in [-0.4, -0.2) is 19.9 Å². The summed E-state index contributed by atoms with van der Waals surface area (Å²) in [6.45, 7) is 0. The topological polar surface area (TPSA) is 51.6 Å². The van der Waals surface area contributed by atoms with E-state index < -0.39 is 0 Å². The van der Waals surface area contributed by atoms with Crippen LogP contribution < -0.4 is 0 Å². The zero-order chi connectivity index (χ0) is 28.6. The van der Waals surface area contributed by atoms with Crippen molar-refractivity contribution in [3.05, 3.63) is 146 Å². The molecule has 0 saturated heterocycles. The molecule has 0 aliphatic rings. The number of hydrogen-bond acceptors (Lipinski definition) is 5. The van der Waals surface area contributed by atoms with Crippen LogP contribution in [0.5, 0.6) is 0 Å². The smallest absolute Gasteiger partial charge is 0.164 e. The average molecular weight is 569 g/mol. The predicted molar refractivity (Wildman–Crippen MR) is 178 cm³/mol. The molecular weight excluding hydrogens is 545 g/mol. The molecule has 5 heteroatoms.